The first kappa shape index (κ1) is 28.4. The molecule has 0 spiro atoms. The summed E-state index contributed by atoms with van der Waals surface area (Å²) in [4.78, 5) is 32.2. The minimum Gasteiger partial charge on any atom is -0.493 e. The van der Waals surface area contributed by atoms with Gasteiger partial charge < -0.3 is 18.6 Å². The number of allylic oxidation sites excluding steroid dienone is 1. The van der Waals surface area contributed by atoms with Crippen LogP contribution in [0, 0.1) is 0 Å². The Morgan fingerprint density at radius 2 is 1.98 bits per heavy atom. The van der Waals surface area contributed by atoms with Gasteiger partial charge in [0.2, 0.25) is 0 Å². The molecule has 0 aliphatic carbocycles. The number of carbonyl (C=O) groups is 1. The fourth-order valence-electron chi connectivity index (χ4n) is 4.67. The van der Waals surface area contributed by atoms with Crippen molar-refractivity contribution in [3.8, 4) is 22.8 Å². The third-order valence-corrected chi connectivity index (χ3v) is 7.61. The number of halogens is 1. The predicted molar refractivity (Wildman–Crippen MR) is 158 cm³/mol. The molecule has 3 heterocycles. The van der Waals surface area contributed by atoms with Crippen LogP contribution in [-0.4, -0.2) is 30.4 Å². The molecule has 4 aromatic rings. The van der Waals surface area contributed by atoms with Gasteiger partial charge in [0.25, 0.3) is 5.56 Å². The maximum atomic E-state index is 13.9. The van der Waals surface area contributed by atoms with Crippen molar-refractivity contribution in [2.75, 3.05) is 13.7 Å². The highest BCUT2D eigenvalue weighted by atomic mass is 35.5. The van der Waals surface area contributed by atoms with Crippen molar-refractivity contribution in [1.82, 2.24) is 4.57 Å². The van der Waals surface area contributed by atoms with E-state index >= 15 is 0 Å². The number of nitrogens with zero attached hydrogens (tertiary/aromatic N) is 2. The highest BCUT2D eigenvalue weighted by molar-refractivity contribution is 7.07. The van der Waals surface area contributed by atoms with E-state index in [1.54, 1.807) is 51.3 Å². The third-order valence-electron chi connectivity index (χ3n) is 6.39. The summed E-state index contributed by atoms with van der Waals surface area (Å²) in [7, 11) is 1.55. The molecule has 10 heteroatoms. The molecule has 0 amide bonds. The Morgan fingerprint density at radius 1 is 1.17 bits per heavy atom. The van der Waals surface area contributed by atoms with Crippen LogP contribution in [0.3, 0.4) is 0 Å². The van der Waals surface area contributed by atoms with Crippen LogP contribution in [0.25, 0.3) is 17.4 Å². The summed E-state index contributed by atoms with van der Waals surface area (Å²) in [5.41, 5.74) is 1.93. The molecule has 2 aromatic heterocycles. The summed E-state index contributed by atoms with van der Waals surface area (Å²) in [6.45, 7) is 7.51. The van der Waals surface area contributed by atoms with E-state index in [1.807, 2.05) is 44.2 Å². The SMILES string of the molecule is CCOC(=O)C1=C(C)N=c2sc(=Cc3ccc(-c4cccc(Cl)c4)o3)c(=O)n2C1c1ccc(OC(C)C)c(OC)c1. The van der Waals surface area contributed by atoms with Crippen LogP contribution in [0.2, 0.25) is 5.02 Å². The zero-order valence-corrected chi connectivity index (χ0v) is 24.8. The van der Waals surface area contributed by atoms with Crippen LogP contribution in [0.4, 0.5) is 0 Å². The Bertz CT molecular complexity index is 1830. The van der Waals surface area contributed by atoms with Crippen LogP contribution in [0.1, 0.15) is 45.1 Å². The molecule has 0 fully saturated rings. The fraction of sp³-hybridized carbons (Fsp3) is 0.258. The Hall–Kier alpha value is -4.08. The van der Waals surface area contributed by atoms with Gasteiger partial charge in [-0.25, -0.2) is 9.79 Å². The average Bonchev–Trinajstić information content (AvgIpc) is 3.52. The number of rotatable bonds is 8. The topological polar surface area (TPSA) is 92.3 Å². The highest BCUT2D eigenvalue weighted by Crippen LogP contribution is 2.36. The zero-order valence-electron chi connectivity index (χ0n) is 23.3. The van der Waals surface area contributed by atoms with E-state index in [1.165, 1.54) is 15.9 Å². The Labute approximate surface area is 245 Å². The summed E-state index contributed by atoms with van der Waals surface area (Å²) in [6, 6.07) is 15.6. The molecule has 212 valence electrons. The number of carbonyl (C=O) groups excluding carboxylic acids is 1. The molecule has 8 nitrogen and oxygen atoms in total. The summed E-state index contributed by atoms with van der Waals surface area (Å²) in [6.07, 6.45) is 1.61. The van der Waals surface area contributed by atoms with Gasteiger partial charge in [-0.1, -0.05) is 41.1 Å². The molecule has 0 saturated carbocycles. The largest absolute Gasteiger partial charge is 0.493 e. The van der Waals surface area contributed by atoms with E-state index < -0.39 is 12.0 Å². The summed E-state index contributed by atoms with van der Waals surface area (Å²) in [5.74, 6) is 1.64. The van der Waals surface area contributed by atoms with E-state index in [2.05, 4.69) is 4.99 Å². The predicted octanol–water partition coefficient (Wildman–Crippen LogP) is 5.51. The lowest BCUT2D eigenvalue weighted by atomic mass is 9.95. The molecule has 2 aromatic carbocycles. The molecular weight excluding hydrogens is 564 g/mol. The summed E-state index contributed by atoms with van der Waals surface area (Å²) >= 11 is 7.36. The van der Waals surface area contributed by atoms with Crippen molar-refractivity contribution in [3.63, 3.8) is 0 Å². The molecule has 1 unspecified atom stereocenters. The van der Waals surface area contributed by atoms with Gasteiger partial charge in [0.05, 0.1) is 41.7 Å². The van der Waals surface area contributed by atoms with Gasteiger partial charge in [0, 0.05) is 16.7 Å². The van der Waals surface area contributed by atoms with E-state index in [-0.39, 0.29) is 23.8 Å². The molecule has 0 N–H and O–H groups in total. The zero-order chi connectivity index (χ0) is 29.3. The van der Waals surface area contributed by atoms with Crippen molar-refractivity contribution in [2.45, 2.75) is 39.8 Å². The van der Waals surface area contributed by atoms with Crippen molar-refractivity contribution in [1.29, 1.82) is 0 Å². The van der Waals surface area contributed by atoms with Crippen LogP contribution in [0.15, 0.2) is 80.1 Å². The lowest BCUT2D eigenvalue weighted by molar-refractivity contribution is -0.139. The summed E-state index contributed by atoms with van der Waals surface area (Å²) < 4.78 is 24.8. The number of esters is 1. The lowest BCUT2D eigenvalue weighted by Crippen LogP contribution is -2.40. The van der Waals surface area contributed by atoms with E-state index in [0.717, 1.165) is 5.56 Å². The van der Waals surface area contributed by atoms with E-state index in [4.69, 9.17) is 30.2 Å². The number of fused-ring (bicyclic) bond motifs is 1. The number of benzene rings is 2. The third kappa shape index (κ3) is 5.73. The van der Waals surface area contributed by atoms with Gasteiger partial charge in [0.15, 0.2) is 16.3 Å². The van der Waals surface area contributed by atoms with E-state index in [0.29, 0.717) is 48.6 Å². The van der Waals surface area contributed by atoms with E-state index in [9.17, 15) is 9.59 Å². The van der Waals surface area contributed by atoms with Gasteiger partial charge in [0.1, 0.15) is 11.5 Å². The quantitative estimate of drug-likeness (QED) is 0.251. The second kappa shape index (κ2) is 11.8. The van der Waals surface area contributed by atoms with Crippen LogP contribution in [-0.2, 0) is 9.53 Å². The molecule has 1 aliphatic heterocycles. The summed E-state index contributed by atoms with van der Waals surface area (Å²) in [5, 5.41) is 0.599. The molecule has 5 rings (SSSR count). The number of hydrogen-bond acceptors (Lipinski definition) is 8. The first-order valence-corrected chi connectivity index (χ1v) is 14.3. The standard InChI is InChI=1S/C31H29ClN2O6S/c1-6-38-30(36)27-18(4)33-31-34(28(27)20-10-12-24(39-17(2)3)25(15-20)37-5)29(35)26(41-31)16-22-11-13-23(40-22)19-8-7-9-21(32)14-19/h7-17,28H,6H2,1-5H3. The normalized spacial score (nSPS) is 15.1. The first-order chi connectivity index (χ1) is 19.7. The number of ether oxygens (including phenoxy) is 3. The first-order valence-electron chi connectivity index (χ1n) is 13.1. The van der Waals surface area contributed by atoms with Gasteiger partial charge in [-0.3, -0.25) is 9.36 Å². The molecule has 1 atom stereocenters. The number of aromatic nitrogens is 1. The minimum absolute atomic E-state index is 0.0642. The van der Waals surface area contributed by atoms with Crippen LogP contribution in [0.5, 0.6) is 11.5 Å². The molecule has 41 heavy (non-hydrogen) atoms. The second-order valence-electron chi connectivity index (χ2n) is 9.59. The second-order valence-corrected chi connectivity index (χ2v) is 11.0. The lowest BCUT2D eigenvalue weighted by Gasteiger charge is -2.25. The molecule has 1 aliphatic rings. The van der Waals surface area contributed by atoms with Crippen LogP contribution < -0.4 is 24.4 Å². The van der Waals surface area contributed by atoms with Crippen molar-refractivity contribution in [2.24, 2.45) is 4.99 Å². The van der Waals surface area contributed by atoms with Gasteiger partial charge in [-0.2, -0.15) is 0 Å². The molecule has 0 radical (unpaired) electrons. The number of thiazole rings is 1. The maximum Gasteiger partial charge on any atom is 0.338 e. The monoisotopic (exact) mass is 592 g/mol. The Morgan fingerprint density at radius 3 is 2.68 bits per heavy atom. The van der Waals surface area contributed by atoms with Gasteiger partial charge >= 0.3 is 5.97 Å². The van der Waals surface area contributed by atoms with Gasteiger partial charge in [-0.15, -0.1) is 0 Å². The Kier molecular flexibility index (Phi) is 8.19. The molecule has 0 bridgehead atoms. The number of furan rings is 1. The fourth-order valence-corrected chi connectivity index (χ4v) is 5.89. The van der Waals surface area contributed by atoms with Crippen molar-refractivity contribution in [3.05, 3.63) is 102 Å². The maximum absolute atomic E-state index is 13.9. The van der Waals surface area contributed by atoms with Crippen molar-refractivity contribution < 1.29 is 23.4 Å². The van der Waals surface area contributed by atoms with Crippen LogP contribution >= 0.6 is 22.9 Å². The smallest absolute Gasteiger partial charge is 0.338 e. The molecule has 0 saturated heterocycles. The average molecular weight is 593 g/mol. The van der Waals surface area contributed by atoms with Crippen molar-refractivity contribution >= 4 is 35.0 Å². The minimum atomic E-state index is -0.784. The van der Waals surface area contributed by atoms with Gasteiger partial charge in [-0.05, 0) is 69.7 Å². The number of hydrogen-bond donors (Lipinski definition) is 0. The highest BCUT2D eigenvalue weighted by Gasteiger charge is 2.34. The molecular formula is C31H29ClN2O6S. The number of methoxy groups -OCH3 is 1. The Balaban J connectivity index is 1.64.